The Bertz CT molecular complexity index is 323. The second-order valence-corrected chi connectivity index (χ2v) is 6.86. The van der Waals surface area contributed by atoms with Crippen LogP contribution in [0.1, 0.15) is 51.4 Å². The van der Waals surface area contributed by atoms with Crippen LogP contribution in [0.4, 0.5) is 0 Å². The summed E-state index contributed by atoms with van der Waals surface area (Å²) in [4.78, 5) is 0. The molecule has 5 aliphatic carbocycles. The fourth-order valence-corrected chi connectivity index (χ4v) is 5.55. The Labute approximate surface area is 98.8 Å². The summed E-state index contributed by atoms with van der Waals surface area (Å²) in [5, 5.41) is 0. The van der Waals surface area contributed by atoms with Crippen LogP contribution in [0.25, 0.3) is 0 Å². The van der Waals surface area contributed by atoms with Crippen molar-refractivity contribution < 1.29 is 0 Å². The summed E-state index contributed by atoms with van der Waals surface area (Å²) in [6.07, 6.45) is 19.1. The maximum absolute atomic E-state index is 2.47. The second kappa shape index (κ2) is 3.24. The summed E-state index contributed by atoms with van der Waals surface area (Å²) in [6, 6.07) is 0. The van der Waals surface area contributed by atoms with E-state index in [1.54, 1.807) is 38.5 Å². The molecule has 0 amide bonds. The Balaban J connectivity index is 1.71. The lowest BCUT2D eigenvalue weighted by Crippen LogP contribution is -2.47. The lowest BCUT2D eigenvalue weighted by atomic mass is 9.47. The van der Waals surface area contributed by atoms with Crippen LogP contribution < -0.4 is 0 Å². The van der Waals surface area contributed by atoms with Crippen molar-refractivity contribution in [3.05, 3.63) is 23.8 Å². The Kier molecular flexibility index (Phi) is 1.93. The predicted octanol–water partition coefficient (Wildman–Crippen LogP) is 4.48. The van der Waals surface area contributed by atoms with Gasteiger partial charge >= 0.3 is 0 Å². The van der Waals surface area contributed by atoms with E-state index < -0.39 is 0 Å². The minimum atomic E-state index is 0.680. The second-order valence-electron chi connectivity index (χ2n) is 6.86. The molecule has 0 radical (unpaired) electrons. The number of allylic oxidation sites excluding steroid dienone is 4. The molecule has 0 N–H and O–H groups in total. The van der Waals surface area contributed by atoms with Gasteiger partial charge in [0.25, 0.3) is 0 Å². The van der Waals surface area contributed by atoms with Gasteiger partial charge in [-0.25, -0.2) is 0 Å². The average Bonchev–Trinajstić information content (AvgIpc) is 2.28. The summed E-state index contributed by atoms with van der Waals surface area (Å²) in [6.45, 7) is 0. The van der Waals surface area contributed by atoms with Crippen molar-refractivity contribution in [2.75, 3.05) is 0 Å². The van der Waals surface area contributed by atoms with E-state index in [0.717, 1.165) is 17.8 Å². The highest BCUT2D eigenvalue weighted by atomic mass is 14.6. The molecular weight excluding hydrogens is 192 g/mol. The molecule has 0 aromatic heterocycles. The maximum atomic E-state index is 2.47. The van der Waals surface area contributed by atoms with Gasteiger partial charge in [-0.1, -0.05) is 23.8 Å². The summed E-state index contributed by atoms with van der Waals surface area (Å²) in [7, 11) is 0. The molecule has 4 bridgehead atoms. The van der Waals surface area contributed by atoms with Crippen LogP contribution in [0.2, 0.25) is 0 Å². The van der Waals surface area contributed by atoms with Gasteiger partial charge in [-0.3, -0.25) is 0 Å². The van der Waals surface area contributed by atoms with Gasteiger partial charge in [-0.05, 0) is 74.5 Å². The lowest BCUT2D eigenvalue weighted by molar-refractivity contribution is -0.0321. The molecule has 5 aliphatic rings. The van der Waals surface area contributed by atoms with Gasteiger partial charge in [0.05, 0.1) is 0 Å². The normalized spacial score (nSPS) is 49.5. The first-order valence-corrected chi connectivity index (χ1v) is 7.20. The SMILES string of the molecule is C1=CCCC(C23CC4CC(CC(C4)C2)C3)=C1. The minimum absolute atomic E-state index is 0.680. The molecule has 0 atom stereocenters. The molecule has 16 heavy (non-hydrogen) atoms. The topological polar surface area (TPSA) is 0 Å². The van der Waals surface area contributed by atoms with Crippen LogP contribution in [0.15, 0.2) is 23.8 Å². The molecular formula is C16H22. The number of hydrogen-bond acceptors (Lipinski definition) is 0. The summed E-state index contributed by atoms with van der Waals surface area (Å²) >= 11 is 0. The van der Waals surface area contributed by atoms with E-state index in [1.165, 1.54) is 12.8 Å². The zero-order chi connectivity index (χ0) is 10.6. The zero-order valence-electron chi connectivity index (χ0n) is 10.1. The third-order valence-electron chi connectivity index (χ3n) is 5.73. The Morgan fingerprint density at radius 2 is 1.56 bits per heavy atom. The monoisotopic (exact) mass is 214 g/mol. The van der Waals surface area contributed by atoms with Crippen molar-refractivity contribution in [1.82, 2.24) is 0 Å². The van der Waals surface area contributed by atoms with Crippen molar-refractivity contribution in [2.45, 2.75) is 51.4 Å². The lowest BCUT2D eigenvalue weighted by Gasteiger charge is -2.58. The van der Waals surface area contributed by atoms with Crippen LogP contribution in [0.3, 0.4) is 0 Å². The first kappa shape index (κ1) is 9.50. The van der Waals surface area contributed by atoms with Gasteiger partial charge in [0.1, 0.15) is 0 Å². The van der Waals surface area contributed by atoms with Crippen molar-refractivity contribution in [1.29, 1.82) is 0 Å². The fourth-order valence-electron chi connectivity index (χ4n) is 5.55. The van der Waals surface area contributed by atoms with Crippen molar-refractivity contribution in [3.63, 3.8) is 0 Å². The number of hydrogen-bond donors (Lipinski definition) is 0. The van der Waals surface area contributed by atoms with Gasteiger partial charge in [-0.15, -0.1) is 0 Å². The standard InChI is InChI=1S/C16H22/c1-2-4-15(5-3-1)16-9-12-6-13(10-16)8-14(7-12)11-16/h1-2,4,12-14H,3,5-11H2. The highest BCUT2D eigenvalue weighted by Crippen LogP contribution is 2.63. The first-order chi connectivity index (χ1) is 7.84. The molecule has 0 nitrogen and oxygen atoms in total. The highest BCUT2D eigenvalue weighted by Gasteiger charge is 2.51. The predicted molar refractivity (Wildman–Crippen MR) is 67.1 cm³/mol. The van der Waals surface area contributed by atoms with Gasteiger partial charge in [0.2, 0.25) is 0 Å². The molecule has 5 rings (SSSR count). The summed E-state index contributed by atoms with van der Waals surface area (Å²) in [5.41, 5.74) is 2.51. The van der Waals surface area contributed by atoms with Crippen LogP contribution in [0.5, 0.6) is 0 Å². The molecule has 0 aliphatic heterocycles. The molecule has 0 heterocycles. The van der Waals surface area contributed by atoms with Crippen LogP contribution in [-0.4, -0.2) is 0 Å². The third-order valence-corrected chi connectivity index (χ3v) is 5.73. The van der Waals surface area contributed by atoms with E-state index in [2.05, 4.69) is 18.2 Å². The van der Waals surface area contributed by atoms with Gasteiger partial charge in [0, 0.05) is 0 Å². The molecule has 0 saturated heterocycles. The van der Waals surface area contributed by atoms with Gasteiger partial charge in [0.15, 0.2) is 0 Å². The molecule has 4 fully saturated rings. The van der Waals surface area contributed by atoms with Crippen molar-refractivity contribution >= 4 is 0 Å². The average molecular weight is 214 g/mol. The molecule has 86 valence electrons. The largest absolute Gasteiger partial charge is 0.0842 e. The zero-order valence-corrected chi connectivity index (χ0v) is 10.1. The third kappa shape index (κ3) is 1.28. The Morgan fingerprint density at radius 1 is 0.938 bits per heavy atom. The molecule has 4 saturated carbocycles. The van der Waals surface area contributed by atoms with E-state index in [4.69, 9.17) is 0 Å². The first-order valence-electron chi connectivity index (χ1n) is 7.20. The molecule has 0 aromatic rings. The van der Waals surface area contributed by atoms with Gasteiger partial charge < -0.3 is 0 Å². The Morgan fingerprint density at radius 3 is 2.06 bits per heavy atom. The van der Waals surface area contributed by atoms with E-state index in [9.17, 15) is 0 Å². The van der Waals surface area contributed by atoms with Gasteiger partial charge in [-0.2, -0.15) is 0 Å². The molecule has 0 unspecified atom stereocenters. The van der Waals surface area contributed by atoms with Crippen LogP contribution in [0, 0.1) is 23.2 Å². The van der Waals surface area contributed by atoms with Crippen LogP contribution in [-0.2, 0) is 0 Å². The highest BCUT2D eigenvalue weighted by molar-refractivity contribution is 5.27. The Hall–Kier alpha value is -0.520. The van der Waals surface area contributed by atoms with E-state index >= 15 is 0 Å². The minimum Gasteiger partial charge on any atom is -0.0842 e. The smallest absolute Gasteiger partial charge is 0.00769 e. The molecule has 0 aromatic carbocycles. The maximum Gasteiger partial charge on any atom is -0.00769 e. The summed E-state index contributed by atoms with van der Waals surface area (Å²) in [5.74, 6) is 3.29. The van der Waals surface area contributed by atoms with E-state index in [0.29, 0.717) is 5.41 Å². The van der Waals surface area contributed by atoms with Crippen molar-refractivity contribution in [2.24, 2.45) is 23.2 Å². The molecule has 0 heteroatoms. The number of rotatable bonds is 1. The fraction of sp³-hybridized carbons (Fsp3) is 0.750. The van der Waals surface area contributed by atoms with Crippen molar-refractivity contribution in [3.8, 4) is 0 Å². The quantitative estimate of drug-likeness (QED) is 0.603. The summed E-state index contributed by atoms with van der Waals surface area (Å²) < 4.78 is 0. The molecule has 0 spiro atoms. The van der Waals surface area contributed by atoms with Crippen LogP contribution >= 0.6 is 0 Å². The van der Waals surface area contributed by atoms with E-state index in [1.807, 2.05) is 5.57 Å². The van der Waals surface area contributed by atoms with E-state index in [-0.39, 0.29) is 0 Å².